The summed E-state index contributed by atoms with van der Waals surface area (Å²) in [5, 5.41) is 38.1. The molecule has 15 nitrogen and oxygen atoms in total. The van der Waals surface area contributed by atoms with Crippen LogP contribution in [0.3, 0.4) is 0 Å². The quantitative estimate of drug-likeness (QED) is 0.154. The van der Waals surface area contributed by atoms with Crippen LogP contribution >= 0.6 is 11.8 Å². The van der Waals surface area contributed by atoms with Crippen molar-refractivity contribution in [2.45, 2.75) is 134 Å². The Morgan fingerprint density at radius 2 is 1.54 bits per heavy atom. The van der Waals surface area contributed by atoms with Crippen molar-refractivity contribution in [3.05, 3.63) is 82.9 Å². The summed E-state index contributed by atoms with van der Waals surface area (Å²) in [5.41, 5.74) is -7.48. The van der Waals surface area contributed by atoms with E-state index in [4.69, 9.17) is 23.7 Å². The van der Waals surface area contributed by atoms with Gasteiger partial charge in [-0.3, -0.25) is 19.2 Å². The average molecular weight is 866 g/mol. The molecular weight excluding hydrogens is 811 g/mol. The Balaban J connectivity index is 1.54. The molecule has 4 aliphatic rings. The van der Waals surface area contributed by atoms with Gasteiger partial charge in [0.05, 0.1) is 35.0 Å². The Labute approximate surface area is 358 Å². The van der Waals surface area contributed by atoms with Crippen LogP contribution in [0.1, 0.15) is 97.1 Å². The molecule has 2 bridgehead atoms. The standard InChI is InChI=1S/C45H55NO14S/c1-23-28(58-38(52)33(50)32(26-16-12-10-13-17-26)46-40(54)60-41(4,5)6)21-45(55)37(61-39(53)27-18-14-11-15-19-27)35-43(9,29(49)20-30-44(35,22-56-30)59-25(3)48)36(51)34(57-24(2)47)31(23)42(45,7)8/h10-19,28-30,32-35,37,49-50,55H,20-22H2,1-9H3,(H,46,54)/t28-,29-,30+,32-,33+,34+,35?,37?,43+,44-,45+/m0/s1. The van der Waals surface area contributed by atoms with Crippen molar-refractivity contribution in [3.8, 4) is 0 Å². The van der Waals surface area contributed by atoms with Crippen LogP contribution in [0.15, 0.2) is 71.8 Å². The highest BCUT2D eigenvalue weighted by Crippen LogP contribution is 2.66. The van der Waals surface area contributed by atoms with Crippen LogP contribution in [0.4, 0.5) is 4.79 Å². The first kappa shape index (κ1) is 45.9. The lowest BCUT2D eigenvalue weighted by Crippen LogP contribution is -2.81. The van der Waals surface area contributed by atoms with E-state index in [0.717, 1.165) is 6.92 Å². The van der Waals surface area contributed by atoms with Crippen molar-refractivity contribution in [1.29, 1.82) is 0 Å². The van der Waals surface area contributed by atoms with E-state index in [1.165, 1.54) is 13.8 Å². The van der Waals surface area contributed by atoms with E-state index in [0.29, 0.717) is 17.3 Å². The summed E-state index contributed by atoms with van der Waals surface area (Å²) in [6.45, 7) is 13.2. The van der Waals surface area contributed by atoms with E-state index < -0.39 is 117 Å². The van der Waals surface area contributed by atoms with Gasteiger partial charge in [-0.05, 0) is 51.3 Å². The Morgan fingerprint density at radius 1 is 0.934 bits per heavy atom. The number of nitrogens with one attached hydrogen (secondary N) is 1. The Hall–Kier alpha value is -4.61. The molecule has 2 aromatic rings. The van der Waals surface area contributed by atoms with Gasteiger partial charge in [0.2, 0.25) is 5.12 Å². The van der Waals surface area contributed by atoms with Crippen LogP contribution in [0.2, 0.25) is 0 Å². The van der Waals surface area contributed by atoms with Gasteiger partial charge in [0.25, 0.3) is 0 Å². The second-order valence-corrected chi connectivity index (χ2v) is 19.3. The smallest absolute Gasteiger partial charge is 0.408 e. The lowest BCUT2D eigenvalue weighted by Gasteiger charge is -2.68. The summed E-state index contributed by atoms with van der Waals surface area (Å²) < 4.78 is 29.4. The maximum absolute atomic E-state index is 15.5. The Bertz CT molecular complexity index is 2100. The highest BCUT2D eigenvalue weighted by atomic mass is 32.2. The maximum atomic E-state index is 15.5. The van der Waals surface area contributed by atoms with E-state index in [1.807, 2.05) is 0 Å². The van der Waals surface area contributed by atoms with Gasteiger partial charge in [-0.1, -0.05) is 86.3 Å². The molecule has 0 radical (unpaired) electrons. The van der Waals surface area contributed by atoms with E-state index in [9.17, 15) is 39.3 Å². The first-order chi connectivity index (χ1) is 28.4. The zero-order valence-corrected chi connectivity index (χ0v) is 36.6. The number of ether oxygens (including phenoxy) is 5. The van der Waals surface area contributed by atoms with E-state index in [-0.39, 0.29) is 29.7 Å². The van der Waals surface area contributed by atoms with Crippen LogP contribution in [0.25, 0.3) is 0 Å². The molecule has 6 rings (SSSR count). The molecule has 2 aromatic carbocycles. The molecule has 1 heterocycles. The van der Waals surface area contributed by atoms with E-state index in [1.54, 1.807) is 102 Å². The van der Waals surface area contributed by atoms with Crippen LogP contribution in [-0.2, 0) is 42.9 Å². The third-order valence-electron chi connectivity index (χ3n) is 12.8. The molecule has 2 saturated carbocycles. The Morgan fingerprint density at radius 3 is 2.08 bits per heavy atom. The van der Waals surface area contributed by atoms with Gasteiger partial charge in [-0.15, -0.1) is 0 Å². The minimum atomic E-state index is -2.21. The van der Waals surface area contributed by atoms with E-state index in [2.05, 4.69) is 5.32 Å². The van der Waals surface area contributed by atoms with Crippen molar-refractivity contribution in [1.82, 2.24) is 5.32 Å². The molecule has 11 atom stereocenters. The highest BCUT2D eigenvalue weighted by Gasteiger charge is 2.77. The topological polar surface area (TPSA) is 221 Å². The third-order valence-corrected chi connectivity index (χ3v) is 14.2. The van der Waals surface area contributed by atoms with Gasteiger partial charge in [0.1, 0.15) is 17.8 Å². The molecule has 0 spiro atoms. The second-order valence-electron chi connectivity index (χ2n) is 18.2. The second kappa shape index (κ2) is 16.6. The van der Waals surface area contributed by atoms with Crippen LogP contribution < -0.4 is 5.32 Å². The minimum Gasteiger partial charge on any atom is -0.456 e. The normalized spacial score (nSPS) is 32.6. The number of esters is 3. The van der Waals surface area contributed by atoms with Gasteiger partial charge in [-0.25, -0.2) is 9.59 Å². The summed E-state index contributed by atoms with van der Waals surface area (Å²) in [4.78, 5) is 83.2. The third kappa shape index (κ3) is 8.13. The molecule has 3 fully saturated rings. The van der Waals surface area contributed by atoms with Crippen LogP contribution in [0, 0.1) is 16.7 Å². The number of aliphatic hydroxyl groups is 3. The Kier molecular flexibility index (Phi) is 12.5. The number of ketones is 1. The lowest BCUT2D eigenvalue weighted by molar-refractivity contribution is -0.325. The number of Topliss-reactive ketones (excluding diaryl/α,β-unsaturated/α-hetero) is 1. The minimum absolute atomic E-state index is 0.0541. The summed E-state index contributed by atoms with van der Waals surface area (Å²) in [6.07, 6.45) is -9.27. The zero-order chi connectivity index (χ0) is 45.0. The predicted molar refractivity (Wildman–Crippen MR) is 220 cm³/mol. The number of hydrogen-bond acceptors (Lipinski definition) is 15. The van der Waals surface area contributed by atoms with Gasteiger partial charge < -0.3 is 44.3 Å². The fourth-order valence-electron chi connectivity index (χ4n) is 9.80. The first-order valence-corrected chi connectivity index (χ1v) is 21.1. The summed E-state index contributed by atoms with van der Waals surface area (Å²) >= 11 is 0.696. The number of thioether (sulfide) groups is 1. The molecule has 16 heteroatoms. The van der Waals surface area contributed by atoms with Crippen molar-refractivity contribution in [3.63, 3.8) is 0 Å². The molecule has 1 aliphatic heterocycles. The van der Waals surface area contributed by atoms with Crippen LogP contribution in [0.5, 0.6) is 0 Å². The van der Waals surface area contributed by atoms with Crippen molar-refractivity contribution in [2.24, 2.45) is 16.7 Å². The number of carbonyl (C=O) groups excluding carboxylic acids is 6. The fourth-order valence-corrected chi connectivity index (χ4v) is 11.5. The monoisotopic (exact) mass is 865 g/mol. The number of aliphatic hydroxyl groups excluding tert-OH is 2. The molecule has 3 aliphatic carbocycles. The number of fused-ring (bicyclic) bond motifs is 5. The molecule has 0 aromatic heterocycles. The highest BCUT2D eigenvalue weighted by molar-refractivity contribution is 8.14. The predicted octanol–water partition coefficient (Wildman–Crippen LogP) is 4.55. The summed E-state index contributed by atoms with van der Waals surface area (Å²) in [7, 11) is 0. The van der Waals surface area contributed by atoms with Crippen molar-refractivity contribution < 1.29 is 67.8 Å². The average Bonchev–Trinajstić information content (AvgIpc) is 3.17. The SMILES string of the molecule is CC(=O)O[C@H]1C(=O)[C@@]2(C)C(C(SC(=O)c3ccccc3)[C@]3(O)C[C@H](OC(=O)[C@H](O)[C@@H](NC(=O)OC(C)(C)C)c4ccccc4)C(C)=C1C3(C)C)[C@]1(OC(C)=O)CO[C@@H]1C[C@@H]2O. The zero-order valence-electron chi connectivity index (χ0n) is 35.8. The van der Waals surface area contributed by atoms with Crippen LogP contribution in [-0.4, -0.2) is 109 Å². The van der Waals surface area contributed by atoms with Gasteiger partial charge >= 0.3 is 24.0 Å². The van der Waals surface area contributed by atoms with Gasteiger partial charge in [-0.2, -0.15) is 0 Å². The molecule has 1 amide bonds. The lowest BCUT2D eigenvalue weighted by atomic mass is 9.45. The molecular formula is C45H55NO14S. The fraction of sp³-hybridized carbons (Fsp3) is 0.556. The number of benzene rings is 2. The van der Waals surface area contributed by atoms with E-state index >= 15 is 4.79 Å². The van der Waals surface area contributed by atoms with Gasteiger partial charge in [0, 0.05) is 43.6 Å². The molecule has 61 heavy (non-hydrogen) atoms. The maximum Gasteiger partial charge on any atom is 0.408 e. The van der Waals surface area contributed by atoms with Gasteiger partial charge in [0.15, 0.2) is 23.6 Å². The number of amides is 1. The number of hydrogen-bond donors (Lipinski definition) is 4. The number of rotatable bonds is 9. The largest absolute Gasteiger partial charge is 0.456 e. The molecule has 330 valence electrons. The number of carbonyl (C=O) groups is 6. The van der Waals surface area contributed by atoms with Crippen molar-refractivity contribution >= 4 is 46.7 Å². The molecule has 4 N–H and O–H groups in total. The molecule has 2 unspecified atom stereocenters. The molecule has 1 saturated heterocycles. The van der Waals surface area contributed by atoms with Crippen molar-refractivity contribution in [2.75, 3.05) is 6.61 Å². The summed E-state index contributed by atoms with van der Waals surface area (Å²) in [5.74, 6) is -5.01. The first-order valence-electron chi connectivity index (χ1n) is 20.2. The number of alkyl carbamates (subject to hydrolysis) is 1. The summed E-state index contributed by atoms with van der Waals surface area (Å²) in [6, 6.07) is 15.0.